The van der Waals surface area contributed by atoms with Crippen LogP contribution in [-0.2, 0) is 0 Å². The first kappa shape index (κ1) is 14.3. The van der Waals surface area contributed by atoms with Crippen molar-refractivity contribution >= 4 is 0 Å². The van der Waals surface area contributed by atoms with Gasteiger partial charge in [0, 0.05) is 31.7 Å². The summed E-state index contributed by atoms with van der Waals surface area (Å²) in [6.07, 6.45) is 5.48. The Balaban J connectivity index is 1.57. The Bertz CT molecular complexity index is 240. The van der Waals surface area contributed by atoms with Crippen molar-refractivity contribution in [3.05, 3.63) is 0 Å². The summed E-state index contributed by atoms with van der Waals surface area (Å²) in [4.78, 5) is 5.15. The van der Waals surface area contributed by atoms with Crippen LogP contribution >= 0.6 is 0 Å². The molecule has 3 nitrogen and oxygen atoms in total. The van der Waals surface area contributed by atoms with Gasteiger partial charge in [-0.25, -0.2) is 0 Å². The Kier molecular flexibility index (Phi) is 5.46. The second kappa shape index (κ2) is 6.88. The highest BCUT2D eigenvalue weighted by Crippen LogP contribution is 2.21. The molecule has 106 valence electrons. The van der Waals surface area contributed by atoms with E-state index in [2.05, 4.69) is 36.0 Å². The van der Waals surface area contributed by atoms with Gasteiger partial charge in [0.15, 0.2) is 0 Å². The van der Waals surface area contributed by atoms with E-state index < -0.39 is 0 Å². The lowest BCUT2D eigenvalue weighted by atomic mass is 10.1. The van der Waals surface area contributed by atoms with Crippen LogP contribution in [0.2, 0.25) is 0 Å². The van der Waals surface area contributed by atoms with Crippen molar-refractivity contribution in [1.29, 1.82) is 0 Å². The number of hydrogen-bond acceptors (Lipinski definition) is 3. The van der Waals surface area contributed by atoms with Gasteiger partial charge in [-0.3, -0.25) is 0 Å². The van der Waals surface area contributed by atoms with Gasteiger partial charge in [-0.15, -0.1) is 0 Å². The lowest BCUT2D eigenvalue weighted by Crippen LogP contribution is -2.37. The summed E-state index contributed by atoms with van der Waals surface area (Å²) in [6.45, 7) is 10.9. The number of hydrogen-bond donors (Lipinski definition) is 1. The Morgan fingerprint density at radius 3 is 2.78 bits per heavy atom. The van der Waals surface area contributed by atoms with Gasteiger partial charge in [-0.2, -0.15) is 0 Å². The third-order valence-corrected chi connectivity index (χ3v) is 4.75. The molecule has 2 fully saturated rings. The molecule has 2 rings (SSSR count). The molecule has 0 aromatic rings. The van der Waals surface area contributed by atoms with Crippen LogP contribution in [0.25, 0.3) is 0 Å². The van der Waals surface area contributed by atoms with Crippen LogP contribution in [0.3, 0.4) is 0 Å². The fourth-order valence-electron chi connectivity index (χ4n) is 2.73. The highest BCUT2D eigenvalue weighted by molar-refractivity contribution is 4.84. The molecule has 18 heavy (non-hydrogen) atoms. The third kappa shape index (κ3) is 4.52. The third-order valence-electron chi connectivity index (χ3n) is 4.75. The van der Waals surface area contributed by atoms with Gasteiger partial charge in [0.05, 0.1) is 0 Å². The average Bonchev–Trinajstić information content (AvgIpc) is 3.11. The van der Waals surface area contributed by atoms with Crippen LogP contribution in [-0.4, -0.2) is 61.7 Å². The summed E-state index contributed by atoms with van der Waals surface area (Å²) < 4.78 is 0. The van der Waals surface area contributed by atoms with E-state index in [-0.39, 0.29) is 0 Å². The first-order chi connectivity index (χ1) is 8.69. The molecule has 0 aromatic carbocycles. The van der Waals surface area contributed by atoms with Gasteiger partial charge < -0.3 is 15.1 Å². The first-order valence-corrected chi connectivity index (χ1v) is 7.85. The van der Waals surface area contributed by atoms with Crippen LogP contribution < -0.4 is 5.32 Å². The quantitative estimate of drug-likeness (QED) is 0.711. The summed E-state index contributed by atoms with van der Waals surface area (Å²) in [6, 6.07) is 1.59. The highest BCUT2D eigenvalue weighted by atomic mass is 15.2. The fraction of sp³-hybridized carbons (Fsp3) is 1.00. The SMILES string of the molecule is CCC(C)N(C)CCN1CCC(CNC2CC2)C1. The Labute approximate surface area is 113 Å². The predicted octanol–water partition coefficient (Wildman–Crippen LogP) is 1.79. The Morgan fingerprint density at radius 1 is 1.33 bits per heavy atom. The van der Waals surface area contributed by atoms with Gasteiger partial charge in [0.2, 0.25) is 0 Å². The van der Waals surface area contributed by atoms with Gasteiger partial charge in [-0.05, 0) is 58.7 Å². The normalized spacial score (nSPS) is 27.0. The standard InChI is InChI=1S/C15H31N3/c1-4-13(2)17(3)9-10-18-8-7-14(12-18)11-16-15-5-6-15/h13-16H,4-12H2,1-3H3. The zero-order valence-corrected chi connectivity index (χ0v) is 12.5. The van der Waals surface area contributed by atoms with Crippen LogP contribution in [0.15, 0.2) is 0 Å². The zero-order valence-electron chi connectivity index (χ0n) is 12.5. The van der Waals surface area contributed by atoms with E-state index in [1.54, 1.807) is 0 Å². The summed E-state index contributed by atoms with van der Waals surface area (Å²) in [5, 5.41) is 3.67. The van der Waals surface area contributed by atoms with Crippen LogP contribution in [0, 0.1) is 5.92 Å². The maximum atomic E-state index is 3.67. The van der Waals surface area contributed by atoms with E-state index >= 15 is 0 Å². The molecule has 2 atom stereocenters. The number of nitrogens with one attached hydrogen (secondary N) is 1. The van der Waals surface area contributed by atoms with Crippen molar-refractivity contribution in [2.45, 2.75) is 51.6 Å². The van der Waals surface area contributed by atoms with E-state index in [9.17, 15) is 0 Å². The summed E-state index contributed by atoms with van der Waals surface area (Å²) in [7, 11) is 2.26. The second-order valence-corrected chi connectivity index (χ2v) is 6.38. The van der Waals surface area contributed by atoms with Crippen molar-refractivity contribution in [1.82, 2.24) is 15.1 Å². The van der Waals surface area contributed by atoms with Crippen molar-refractivity contribution in [2.75, 3.05) is 39.8 Å². The first-order valence-electron chi connectivity index (χ1n) is 7.85. The number of rotatable bonds is 8. The van der Waals surface area contributed by atoms with Crippen LogP contribution in [0.5, 0.6) is 0 Å². The van der Waals surface area contributed by atoms with Crippen molar-refractivity contribution in [2.24, 2.45) is 5.92 Å². The number of nitrogens with zero attached hydrogens (tertiary/aromatic N) is 2. The van der Waals surface area contributed by atoms with Crippen LogP contribution in [0.1, 0.15) is 39.5 Å². The summed E-state index contributed by atoms with van der Waals surface area (Å²) in [5.74, 6) is 0.902. The molecule has 0 bridgehead atoms. The minimum atomic E-state index is 0.722. The van der Waals surface area contributed by atoms with E-state index in [4.69, 9.17) is 0 Å². The molecule has 1 aliphatic carbocycles. The molecule has 2 unspecified atom stereocenters. The molecule has 0 amide bonds. The van der Waals surface area contributed by atoms with Gasteiger partial charge in [0.25, 0.3) is 0 Å². The largest absolute Gasteiger partial charge is 0.314 e. The number of likely N-dealkylation sites (tertiary alicyclic amines) is 1. The van der Waals surface area contributed by atoms with Gasteiger partial charge in [0.1, 0.15) is 0 Å². The lowest BCUT2D eigenvalue weighted by Gasteiger charge is -2.26. The second-order valence-electron chi connectivity index (χ2n) is 6.38. The zero-order chi connectivity index (χ0) is 13.0. The molecule has 1 saturated carbocycles. The molecule has 0 radical (unpaired) electrons. The molecule has 0 spiro atoms. The van der Waals surface area contributed by atoms with Gasteiger partial charge in [-0.1, -0.05) is 6.92 Å². The van der Waals surface area contributed by atoms with Crippen molar-refractivity contribution in [3.8, 4) is 0 Å². The molecule has 1 saturated heterocycles. The minimum absolute atomic E-state index is 0.722. The minimum Gasteiger partial charge on any atom is -0.314 e. The summed E-state index contributed by atoms with van der Waals surface area (Å²) in [5.41, 5.74) is 0. The molecule has 1 aliphatic heterocycles. The monoisotopic (exact) mass is 253 g/mol. The molecule has 1 heterocycles. The van der Waals surface area contributed by atoms with Crippen molar-refractivity contribution < 1.29 is 0 Å². The maximum Gasteiger partial charge on any atom is 0.0109 e. The topological polar surface area (TPSA) is 18.5 Å². The lowest BCUT2D eigenvalue weighted by molar-refractivity contribution is 0.208. The van der Waals surface area contributed by atoms with Crippen LogP contribution in [0.4, 0.5) is 0 Å². The Hall–Kier alpha value is -0.120. The predicted molar refractivity (Wildman–Crippen MR) is 78.0 cm³/mol. The molecule has 3 heteroatoms. The molecule has 2 aliphatic rings. The number of likely N-dealkylation sites (N-methyl/N-ethyl adjacent to an activating group) is 1. The van der Waals surface area contributed by atoms with E-state index in [0.29, 0.717) is 0 Å². The van der Waals surface area contributed by atoms with E-state index in [0.717, 1.165) is 18.0 Å². The molecular formula is C15H31N3. The average molecular weight is 253 g/mol. The molecular weight excluding hydrogens is 222 g/mol. The Morgan fingerprint density at radius 2 is 2.11 bits per heavy atom. The highest BCUT2D eigenvalue weighted by Gasteiger charge is 2.26. The fourth-order valence-corrected chi connectivity index (χ4v) is 2.73. The molecule has 1 N–H and O–H groups in total. The van der Waals surface area contributed by atoms with E-state index in [1.807, 2.05) is 0 Å². The smallest absolute Gasteiger partial charge is 0.0109 e. The molecule has 0 aromatic heterocycles. The van der Waals surface area contributed by atoms with Gasteiger partial charge >= 0.3 is 0 Å². The van der Waals surface area contributed by atoms with Crippen molar-refractivity contribution in [3.63, 3.8) is 0 Å². The summed E-state index contributed by atoms with van der Waals surface area (Å²) >= 11 is 0. The van der Waals surface area contributed by atoms with E-state index in [1.165, 1.54) is 58.4 Å². The maximum absolute atomic E-state index is 3.67.